The zero-order valence-corrected chi connectivity index (χ0v) is 11.0. The first kappa shape index (κ1) is 14.6. The highest BCUT2D eigenvalue weighted by atomic mass is 19.1. The Morgan fingerprint density at radius 3 is 2.57 bits per heavy atom. The highest BCUT2D eigenvalue weighted by Crippen LogP contribution is 2.14. The fourth-order valence-electron chi connectivity index (χ4n) is 1.80. The summed E-state index contributed by atoms with van der Waals surface area (Å²) in [5, 5.41) is 11.5. The van der Waals surface area contributed by atoms with Crippen molar-refractivity contribution >= 4 is 17.6 Å². The second-order valence-corrected chi connectivity index (χ2v) is 4.40. The number of aryl methyl sites for hydroxylation is 1. The van der Waals surface area contributed by atoms with Gasteiger partial charge in [0.1, 0.15) is 5.82 Å². The van der Waals surface area contributed by atoms with E-state index in [9.17, 15) is 14.0 Å². The number of carbonyl (C=O) groups is 2. The van der Waals surface area contributed by atoms with Gasteiger partial charge in [-0.05, 0) is 30.2 Å². The Labute approximate surface area is 120 Å². The van der Waals surface area contributed by atoms with Crippen molar-refractivity contribution < 1.29 is 19.1 Å². The van der Waals surface area contributed by atoms with Gasteiger partial charge in [-0.2, -0.15) is 0 Å². The molecular formula is C15H13FN2O3. The third-order valence-corrected chi connectivity index (χ3v) is 2.88. The van der Waals surface area contributed by atoms with E-state index in [-0.39, 0.29) is 29.4 Å². The Kier molecular flexibility index (Phi) is 4.61. The predicted molar refractivity (Wildman–Crippen MR) is 74.5 cm³/mol. The SMILES string of the molecule is O=C(CCc1ccc(F)cc1)Nc1cnccc1C(=O)O. The number of aromatic carboxylic acids is 1. The van der Waals surface area contributed by atoms with Gasteiger partial charge < -0.3 is 10.4 Å². The van der Waals surface area contributed by atoms with Gasteiger partial charge in [0.05, 0.1) is 17.4 Å². The van der Waals surface area contributed by atoms with Gasteiger partial charge in [0.25, 0.3) is 0 Å². The lowest BCUT2D eigenvalue weighted by molar-refractivity contribution is -0.116. The van der Waals surface area contributed by atoms with Crippen LogP contribution >= 0.6 is 0 Å². The van der Waals surface area contributed by atoms with Crippen LogP contribution in [-0.2, 0) is 11.2 Å². The average Bonchev–Trinajstić information content (AvgIpc) is 2.47. The zero-order chi connectivity index (χ0) is 15.2. The molecule has 5 nitrogen and oxygen atoms in total. The second-order valence-electron chi connectivity index (χ2n) is 4.40. The minimum atomic E-state index is -1.13. The summed E-state index contributed by atoms with van der Waals surface area (Å²) in [6.07, 6.45) is 3.24. The van der Waals surface area contributed by atoms with Crippen LogP contribution in [0.1, 0.15) is 22.3 Å². The average molecular weight is 288 g/mol. The minimum Gasteiger partial charge on any atom is -0.478 e. The number of nitrogens with one attached hydrogen (secondary N) is 1. The summed E-state index contributed by atoms with van der Waals surface area (Å²) in [4.78, 5) is 26.6. The van der Waals surface area contributed by atoms with Crippen molar-refractivity contribution in [3.8, 4) is 0 Å². The second kappa shape index (κ2) is 6.60. The molecule has 1 aromatic carbocycles. The van der Waals surface area contributed by atoms with E-state index >= 15 is 0 Å². The lowest BCUT2D eigenvalue weighted by Crippen LogP contribution is -2.15. The summed E-state index contributed by atoms with van der Waals surface area (Å²) in [5.41, 5.74) is 0.977. The molecule has 0 spiro atoms. The van der Waals surface area contributed by atoms with Crippen LogP contribution in [0, 0.1) is 5.82 Å². The highest BCUT2D eigenvalue weighted by molar-refractivity contribution is 6.00. The van der Waals surface area contributed by atoms with E-state index in [0.29, 0.717) is 6.42 Å². The standard InChI is InChI=1S/C15H13FN2O3/c16-11-4-1-10(2-5-11)3-6-14(19)18-13-9-17-8-7-12(13)15(20)21/h1-2,4-5,7-9H,3,6H2,(H,18,19)(H,20,21). The topological polar surface area (TPSA) is 79.3 Å². The molecule has 21 heavy (non-hydrogen) atoms. The lowest BCUT2D eigenvalue weighted by Gasteiger charge is -2.07. The fraction of sp³-hybridized carbons (Fsp3) is 0.133. The molecule has 1 aromatic heterocycles. The maximum atomic E-state index is 12.8. The number of aromatic nitrogens is 1. The van der Waals surface area contributed by atoms with Crippen LogP contribution in [-0.4, -0.2) is 22.0 Å². The van der Waals surface area contributed by atoms with Crippen LogP contribution in [0.3, 0.4) is 0 Å². The monoisotopic (exact) mass is 288 g/mol. The molecule has 2 N–H and O–H groups in total. The summed E-state index contributed by atoms with van der Waals surface area (Å²) >= 11 is 0. The molecule has 0 saturated carbocycles. The number of nitrogens with zero attached hydrogens (tertiary/aromatic N) is 1. The summed E-state index contributed by atoms with van der Waals surface area (Å²) < 4.78 is 12.8. The van der Waals surface area contributed by atoms with Crippen LogP contribution in [0.5, 0.6) is 0 Å². The van der Waals surface area contributed by atoms with Gasteiger partial charge in [0, 0.05) is 12.6 Å². The summed E-state index contributed by atoms with van der Waals surface area (Å²) in [7, 11) is 0. The van der Waals surface area contributed by atoms with Crippen LogP contribution in [0.15, 0.2) is 42.7 Å². The molecule has 0 radical (unpaired) electrons. The van der Waals surface area contributed by atoms with Gasteiger partial charge in [-0.25, -0.2) is 9.18 Å². The number of carbonyl (C=O) groups excluding carboxylic acids is 1. The molecular weight excluding hydrogens is 275 g/mol. The molecule has 0 aliphatic rings. The van der Waals surface area contributed by atoms with Crippen molar-refractivity contribution in [3.63, 3.8) is 0 Å². The van der Waals surface area contributed by atoms with E-state index in [1.165, 1.54) is 30.6 Å². The van der Waals surface area contributed by atoms with E-state index in [4.69, 9.17) is 5.11 Å². The first-order valence-corrected chi connectivity index (χ1v) is 6.28. The molecule has 0 atom stereocenters. The number of pyridine rings is 1. The van der Waals surface area contributed by atoms with Crippen molar-refractivity contribution in [2.45, 2.75) is 12.8 Å². The quantitative estimate of drug-likeness (QED) is 0.886. The van der Waals surface area contributed by atoms with Crippen molar-refractivity contribution in [1.29, 1.82) is 0 Å². The van der Waals surface area contributed by atoms with E-state index in [0.717, 1.165) is 5.56 Å². The van der Waals surface area contributed by atoms with Crippen molar-refractivity contribution in [1.82, 2.24) is 4.98 Å². The Morgan fingerprint density at radius 2 is 1.90 bits per heavy atom. The molecule has 0 aliphatic heterocycles. The smallest absolute Gasteiger partial charge is 0.337 e. The highest BCUT2D eigenvalue weighted by Gasteiger charge is 2.12. The number of hydrogen-bond donors (Lipinski definition) is 2. The van der Waals surface area contributed by atoms with Crippen LogP contribution in [0.4, 0.5) is 10.1 Å². The van der Waals surface area contributed by atoms with Gasteiger partial charge in [-0.3, -0.25) is 9.78 Å². The molecule has 2 rings (SSSR count). The molecule has 108 valence electrons. The third kappa shape index (κ3) is 4.10. The Morgan fingerprint density at radius 1 is 1.19 bits per heavy atom. The first-order chi connectivity index (χ1) is 10.1. The lowest BCUT2D eigenvalue weighted by atomic mass is 10.1. The molecule has 0 aliphatic carbocycles. The van der Waals surface area contributed by atoms with Crippen LogP contribution in [0.25, 0.3) is 0 Å². The van der Waals surface area contributed by atoms with Crippen molar-refractivity contribution in [2.24, 2.45) is 0 Å². The van der Waals surface area contributed by atoms with E-state index < -0.39 is 5.97 Å². The summed E-state index contributed by atoms with van der Waals surface area (Å²) in [6.45, 7) is 0. The number of rotatable bonds is 5. The Hall–Kier alpha value is -2.76. The molecule has 1 heterocycles. The van der Waals surface area contributed by atoms with Crippen LogP contribution in [0.2, 0.25) is 0 Å². The number of anilines is 1. The van der Waals surface area contributed by atoms with Crippen molar-refractivity contribution in [2.75, 3.05) is 5.32 Å². The minimum absolute atomic E-state index is 0.0138. The van der Waals surface area contributed by atoms with Gasteiger partial charge >= 0.3 is 5.97 Å². The fourth-order valence-corrected chi connectivity index (χ4v) is 1.80. The molecule has 1 amide bonds. The molecule has 0 fully saturated rings. The molecule has 0 unspecified atom stereocenters. The number of carboxylic acid groups (broad SMARTS) is 1. The number of amides is 1. The molecule has 0 saturated heterocycles. The van der Waals surface area contributed by atoms with Crippen LogP contribution < -0.4 is 5.32 Å². The zero-order valence-electron chi connectivity index (χ0n) is 11.0. The molecule has 6 heteroatoms. The van der Waals surface area contributed by atoms with Crippen molar-refractivity contribution in [3.05, 3.63) is 59.7 Å². The molecule has 0 bridgehead atoms. The van der Waals surface area contributed by atoms with E-state index in [2.05, 4.69) is 10.3 Å². The van der Waals surface area contributed by atoms with Gasteiger partial charge in [-0.1, -0.05) is 12.1 Å². The summed E-state index contributed by atoms with van der Waals surface area (Å²) in [5.74, 6) is -1.79. The van der Waals surface area contributed by atoms with E-state index in [1.54, 1.807) is 12.1 Å². The first-order valence-electron chi connectivity index (χ1n) is 6.28. The maximum absolute atomic E-state index is 12.8. The number of benzene rings is 1. The number of halogens is 1. The normalized spacial score (nSPS) is 10.1. The van der Waals surface area contributed by atoms with E-state index in [1.807, 2.05) is 0 Å². The Bertz CT molecular complexity index is 656. The van der Waals surface area contributed by atoms with Gasteiger partial charge in [0.15, 0.2) is 0 Å². The van der Waals surface area contributed by atoms with Gasteiger partial charge in [0.2, 0.25) is 5.91 Å². The number of carboxylic acids is 1. The Balaban J connectivity index is 1.96. The summed E-state index contributed by atoms with van der Waals surface area (Å²) in [6, 6.07) is 7.19. The third-order valence-electron chi connectivity index (χ3n) is 2.88. The molecule has 2 aromatic rings. The van der Waals surface area contributed by atoms with Gasteiger partial charge in [-0.15, -0.1) is 0 Å². The largest absolute Gasteiger partial charge is 0.478 e. The maximum Gasteiger partial charge on any atom is 0.337 e. The predicted octanol–water partition coefficient (Wildman–Crippen LogP) is 2.49. The number of hydrogen-bond acceptors (Lipinski definition) is 3.